The van der Waals surface area contributed by atoms with Crippen molar-refractivity contribution in [1.29, 1.82) is 0 Å². The minimum absolute atomic E-state index is 0.0665. The molecule has 0 N–H and O–H groups in total. The first-order valence-electron chi connectivity index (χ1n) is 5.52. The third kappa shape index (κ3) is 2.76. The van der Waals surface area contributed by atoms with E-state index in [-0.39, 0.29) is 23.8 Å². The number of hydrogen-bond acceptors (Lipinski definition) is 3. The lowest BCUT2D eigenvalue weighted by atomic mass is 9.80. The lowest BCUT2D eigenvalue weighted by Gasteiger charge is -2.29. The molecule has 16 heavy (non-hydrogen) atoms. The maximum Gasteiger partial charge on any atom is 0.333 e. The molecule has 0 radical (unpaired) electrons. The van der Waals surface area contributed by atoms with Crippen LogP contribution in [0.25, 0.3) is 10.4 Å². The van der Waals surface area contributed by atoms with Crippen LogP contribution in [0.3, 0.4) is 0 Å². The zero-order valence-corrected chi connectivity index (χ0v) is 9.88. The molecule has 5 nitrogen and oxygen atoms in total. The number of hydrogen-bond donors (Lipinski definition) is 0. The van der Waals surface area contributed by atoms with E-state index in [1.54, 1.807) is 6.92 Å². The summed E-state index contributed by atoms with van der Waals surface area (Å²) in [6.45, 7) is 6.12. The second kappa shape index (κ2) is 5.56. The fraction of sp³-hybridized carbons (Fsp3) is 0.727. The largest absolute Gasteiger partial charge is 0.463 e. The van der Waals surface area contributed by atoms with Crippen molar-refractivity contribution < 1.29 is 9.53 Å². The molecule has 0 fully saturated rings. The average Bonchev–Trinajstić information content (AvgIpc) is 2.23. The van der Waals surface area contributed by atoms with Crippen LogP contribution in [0.4, 0.5) is 0 Å². The highest BCUT2D eigenvalue weighted by Gasteiger charge is 2.29. The molecule has 0 aromatic heterocycles. The van der Waals surface area contributed by atoms with Crippen LogP contribution in [0.2, 0.25) is 0 Å². The lowest BCUT2D eigenvalue weighted by Crippen LogP contribution is -2.29. The molecule has 3 atom stereocenters. The van der Waals surface area contributed by atoms with Gasteiger partial charge in [-0.25, -0.2) is 4.79 Å². The van der Waals surface area contributed by atoms with E-state index >= 15 is 0 Å². The zero-order valence-electron chi connectivity index (χ0n) is 9.88. The Balaban J connectivity index is 2.82. The molecule has 5 heteroatoms. The topological polar surface area (TPSA) is 75.1 Å². The van der Waals surface area contributed by atoms with Crippen LogP contribution < -0.4 is 0 Å². The molecule has 0 bridgehead atoms. The Hall–Kier alpha value is -1.48. The Morgan fingerprint density at radius 2 is 2.38 bits per heavy atom. The van der Waals surface area contributed by atoms with Crippen LogP contribution in [-0.4, -0.2) is 18.6 Å². The van der Waals surface area contributed by atoms with Gasteiger partial charge in [0.1, 0.15) is 0 Å². The van der Waals surface area contributed by atoms with Gasteiger partial charge in [-0.1, -0.05) is 25.0 Å². The van der Waals surface area contributed by atoms with Gasteiger partial charge in [-0.2, -0.15) is 0 Å². The molecule has 0 amide bonds. The monoisotopic (exact) mass is 223 g/mol. The Bertz CT molecular complexity index is 345. The summed E-state index contributed by atoms with van der Waals surface area (Å²) >= 11 is 0. The Morgan fingerprint density at radius 1 is 1.69 bits per heavy atom. The number of nitrogens with zero attached hydrogens (tertiary/aromatic N) is 3. The maximum absolute atomic E-state index is 11.6. The molecule has 0 aromatic rings. The number of esters is 1. The predicted molar refractivity (Wildman–Crippen MR) is 60.6 cm³/mol. The van der Waals surface area contributed by atoms with Crippen molar-refractivity contribution in [2.75, 3.05) is 6.61 Å². The molecular formula is C11H17N3O2. The van der Waals surface area contributed by atoms with E-state index in [0.29, 0.717) is 18.6 Å². The van der Waals surface area contributed by atoms with Crippen LogP contribution in [0.15, 0.2) is 16.8 Å². The molecule has 1 aliphatic rings. The number of rotatable bonds is 3. The third-order valence-corrected chi connectivity index (χ3v) is 2.85. The summed E-state index contributed by atoms with van der Waals surface area (Å²) in [5.41, 5.74) is 9.16. The van der Waals surface area contributed by atoms with Gasteiger partial charge in [-0.05, 0) is 30.7 Å². The Kier molecular flexibility index (Phi) is 4.38. The first-order valence-corrected chi connectivity index (χ1v) is 5.52. The Labute approximate surface area is 95.1 Å². The highest BCUT2D eigenvalue weighted by molar-refractivity contribution is 5.88. The zero-order chi connectivity index (χ0) is 12.1. The summed E-state index contributed by atoms with van der Waals surface area (Å²) in [5.74, 6) is 0.00921. The predicted octanol–water partition coefficient (Wildman–Crippen LogP) is 2.83. The van der Waals surface area contributed by atoms with Gasteiger partial charge in [0.25, 0.3) is 0 Å². The molecule has 0 saturated heterocycles. The fourth-order valence-electron chi connectivity index (χ4n) is 2.12. The number of carbonyl (C=O) groups is 1. The summed E-state index contributed by atoms with van der Waals surface area (Å²) in [4.78, 5) is 14.4. The summed E-state index contributed by atoms with van der Waals surface area (Å²) in [6.07, 6.45) is 2.48. The van der Waals surface area contributed by atoms with Crippen molar-refractivity contribution >= 4 is 5.97 Å². The molecule has 88 valence electrons. The molecule has 0 saturated carbocycles. The molecule has 1 rings (SSSR count). The maximum atomic E-state index is 11.6. The van der Waals surface area contributed by atoms with Gasteiger partial charge in [0, 0.05) is 16.5 Å². The SMILES string of the molecule is CCOC(=O)C1=C[C@H](C)[C@H](N=[N+]=[N-])[C@H](C)C1. The number of carbonyl (C=O) groups excluding carboxylic acids is 1. The molecule has 1 aliphatic carbocycles. The van der Waals surface area contributed by atoms with Crippen molar-refractivity contribution in [1.82, 2.24) is 0 Å². The molecule has 0 spiro atoms. The standard InChI is InChI=1S/C11H17N3O2/c1-4-16-11(15)9-5-7(2)10(13-14-12)8(3)6-9/h5,7-8,10H,4,6H2,1-3H3/t7-,8+,10-/m0/s1. The van der Waals surface area contributed by atoms with Crippen molar-refractivity contribution in [3.63, 3.8) is 0 Å². The van der Waals surface area contributed by atoms with E-state index in [2.05, 4.69) is 10.0 Å². The van der Waals surface area contributed by atoms with E-state index in [0.717, 1.165) is 0 Å². The molecule has 0 aromatic carbocycles. The van der Waals surface area contributed by atoms with Gasteiger partial charge < -0.3 is 4.74 Å². The van der Waals surface area contributed by atoms with Crippen LogP contribution in [-0.2, 0) is 9.53 Å². The van der Waals surface area contributed by atoms with E-state index < -0.39 is 0 Å². The summed E-state index contributed by atoms with van der Waals surface area (Å²) in [6, 6.07) is -0.0665. The van der Waals surface area contributed by atoms with Gasteiger partial charge in [-0.15, -0.1) is 0 Å². The van der Waals surface area contributed by atoms with E-state index in [1.165, 1.54) is 0 Å². The number of ether oxygens (including phenoxy) is 1. The van der Waals surface area contributed by atoms with E-state index in [4.69, 9.17) is 10.3 Å². The third-order valence-electron chi connectivity index (χ3n) is 2.85. The summed E-state index contributed by atoms with van der Waals surface area (Å²) in [7, 11) is 0. The van der Waals surface area contributed by atoms with Gasteiger partial charge >= 0.3 is 5.97 Å². The summed E-state index contributed by atoms with van der Waals surface area (Å²) in [5, 5.41) is 3.77. The van der Waals surface area contributed by atoms with E-state index in [9.17, 15) is 4.79 Å². The molecule has 0 unspecified atom stereocenters. The fourth-order valence-corrected chi connectivity index (χ4v) is 2.12. The van der Waals surface area contributed by atoms with Crippen molar-refractivity contribution in [2.24, 2.45) is 17.0 Å². The smallest absolute Gasteiger partial charge is 0.333 e. The van der Waals surface area contributed by atoms with Crippen molar-refractivity contribution in [2.45, 2.75) is 33.2 Å². The second-order valence-corrected chi connectivity index (χ2v) is 4.15. The van der Waals surface area contributed by atoms with Crippen LogP contribution in [0, 0.1) is 11.8 Å². The lowest BCUT2D eigenvalue weighted by molar-refractivity contribution is -0.139. The van der Waals surface area contributed by atoms with Gasteiger partial charge in [0.2, 0.25) is 0 Å². The molecular weight excluding hydrogens is 206 g/mol. The average molecular weight is 223 g/mol. The molecule has 0 aliphatic heterocycles. The van der Waals surface area contributed by atoms with Crippen molar-refractivity contribution in [3.8, 4) is 0 Å². The highest BCUT2D eigenvalue weighted by Crippen LogP contribution is 2.31. The van der Waals surface area contributed by atoms with Gasteiger partial charge in [-0.3, -0.25) is 0 Å². The highest BCUT2D eigenvalue weighted by atomic mass is 16.5. The van der Waals surface area contributed by atoms with Gasteiger partial charge in [0.15, 0.2) is 0 Å². The minimum atomic E-state index is -0.249. The van der Waals surface area contributed by atoms with Crippen LogP contribution >= 0.6 is 0 Å². The number of azide groups is 1. The van der Waals surface area contributed by atoms with Crippen molar-refractivity contribution in [3.05, 3.63) is 22.1 Å². The normalized spacial score (nSPS) is 28.9. The second-order valence-electron chi connectivity index (χ2n) is 4.15. The Morgan fingerprint density at radius 3 is 2.88 bits per heavy atom. The van der Waals surface area contributed by atoms with Gasteiger partial charge in [0.05, 0.1) is 6.61 Å². The molecule has 0 heterocycles. The first kappa shape index (κ1) is 12.6. The summed E-state index contributed by atoms with van der Waals surface area (Å²) < 4.78 is 4.96. The quantitative estimate of drug-likeness (QED) is 0.319. The van der Waals surface area contributed by atoms with Crippen LogP contribution in [0.5, 0.6) is 0 Å². The minimum Gasteiger partial charge on any atom is -0.463 e. The van der Waals surface area contributed by atoms with Crippen LogP contribution in [0.1, 0.15) is 27.2 Å². The first-order chi connectivity index (χ1) is 7.60. The van der Waals surface area contributed by atoms with E-state index in [1.807, 2.05) is 19.9 Å².